The van der Waals surface area contributed by atoms with E-state index in [0.29, 0.717) is 0 Å². The van der Waals surface area contributed by atoms with Crippen LogP contribution in [-0.4, -0.2) is 47.1 Å². The third-order valence-corrected chi connectivity index (χ3v) is 1.26. The predicted octanol–water partition coefficient (Wildman–Crippen LogP) is 0.878. The first-order valence-electron chi connectivity index (χ1n) is 3.65. The van der Waals surface area contributed by atoms with E-state index in [1.54, 1.807) is 0 Å². The number of hydrogen-bond donors (Lipinski definition) is 2. The van der Waals surface area contributed by atoms with Crippen LogP contribution in [0.3, 0.4) is 0 Å². The number of alkyl halides is 4. The van der Waals surface area contributed by atoms with Crippen LogP contribution in [0, 0.1) is 0 Å². The summed E-state index contributed by atoms with van der Waals surface area (Å²) < 4.78 is 49.1. The fourth-order valence-electron chi connectivity index (χ4n) is 0.413. The second kappa shape index (κ2) is 4.86. The van der Waals surface area contributed by atoms with Crippen molar-refractivity contribution in [3.63, 3.8) is 0 Å². The number of halogens is 4. The first kappa shape index (κ1) is 14.3. The summed E-state index contributed by atoms with van der Waals surface area (Å²) in [7, 11) is 0. The zero-order chi connectivity index (χ0) is 13.0. The van der Waals surface area contributed by atoms with Gasteiger partial charge < -0.3 is 10.2 Å². The maximum Gasteiger partial charge on any atom is 0.376 e. The van der Waals surface area contributed by atoms with Gasteiger partial charge in [0.1, 0.15) is 13.1 Å². The number of aliphatic carboxylic acids is 2. The van der Waals surface area contributed by atoms with Gasteiger partial charge in [0.25, 0.3) is 0 Å². The van der Waals surface area contributed by atoms with E-state index < -0.39 is 36.9 Å². The summed E-state index contributed by atoms with van der Waals surface area (Å²) in [4.78, 5) is 19.7. The molecule has 92 valence electrons. The van der Waals surface area contributed by atoms with Gasteiger partial charge in [0.05, 0.1) is 0 Å². The molecule has 0 atom stereocenters. The van der Waals surface area contributed by atoms with Gasteiger partial charge >= 0.3 is 23.8 Å². The molecular formula is C6H6F4N2O4. The Morgan fingerprint density at radius 2 is 1.12 bits per heavy atom. The van der Waals surface area contributed by atoms with E-state index in [0.717, 1.165) is 0 Å². The molecule has 0 aromatic heterocycles. The first-order chi connectivity index (χ1) is 7.09. The highest BCUT2D eigenvalue weighted by atomic mass is 19.3. The number of carbonyl (C=O) groups is 2. The normalized spacial score (nSPS) is 13.0. The topological polar surface area (TPSA) is 99.3 Å². The molecule has 6 nitrogen and oxygen atoms in total. The Labute approximate surface area is 85.6 Å². The van der Waals surface area contributed by atoms with Crippen LogP contribution < -0.4 is 0 Å². The minimum absolute atomic E-state index is 1.63. The van der Waals surface area contributed by atoms with Crippen molar-refractivity contribution in [2.45, 2.75) is 11.8 Å². The molecule has 0 saturated heterocycles. The fraction of sp³-hybridized carbons (Fsp3) is 0.667. The van der Waals surface area contributed by atoms with Gasteiger partial charge in [0, 0.05) is 0 Å². The van der Waals surface area contributed by atoms with Gasteiger partial charge in [0.15, 0.2) is 0 Å². The third kappa shape index (κ3) is 4.19. The largest absolute Gasteiger partial charge is 0.477 e. The number of carboxylic acids is 2. The van der Waals surface area contributed by atoms with Crippen molar-refractivity contribution < 1.29 is 37.4 Å². The van der Waals surface area contributed by atoms with Gasteiger partial charge in [-0.2, -0.15) is 27.8 Å². The van der Waals surface area contributed by atoms with Crippen LogP contribution >= 0.6 is 0 Å². The second-order valence-corrected chi connectivity index (χ2v) is 2.62. The van der Waals surface area contributed by atoms with E-state index in [1.807, 2.05) is 0 Å². The monoisotopic (exact) mass is 246 g/mol. The Balaban J connectivity index is 4.25. The molecule has 0 saturated carbocycles. The van der Waals surface area contributed by atoms with Crippen LogP contribution in [0.4, 0.5) is 17.6 Å². The Bertz CT molecular complexity index is 288. The Morgan fingerprint density at radius 3 is 1.31 bits per heavy atom. The molecule has 0 aromatic carbocycles. The molecule has 0 fully saturated rings. The highest BCUT2D eigenvalue weighted by Gasteiger charge is 2.40. The molecule has 0 aliphatic heterocycles. The minimum atomic E-state index is -4.22. The number of hydrogen-bond acceptors (Lipinski definition) is 4. The summed E-state index contributed by atoms with van der Waals surface area (Å²) in [6.07, 6.45) is 0. The first-order valence-corrected chi connectivity index (χ1v) is 3.65. The van der Waals surface area contributed by atoms with Crippen molar-refractivity contribution in [1.29, 1.82) is 0 Å². The molecule has 0 bridgehead atoms. The maximum absolute atomic E-state index is 12.3. The summed E-state index contributed by atoms with van der Waals surface area (Å²) in [6, 6.07) is 0. The maximum atomic E-state index is 12.3. The minimum Gasteiger partial charge on any atom is -0.477 e. The van der Waals surface area contributed by atoms with Crippen molar-refractivity contribution in [1.82, 2.24) is 0 Å². The average Bonchev–Trinajstić information content (AvgIpc) is 2.12. The van der Waals surface area contributed by atoms with Gasteiger partial charge in [-0.15, -0.1) is 0 Å². The molecule has 10 heteroatoms. The van der Waals surface area contributed by atoms with Crippen LogP contribution in [0.2, 0.25) is 0 Å². The molecule has 16 heavy (non-hydrogen) atoms. The molecule has 0 aromatic rings. The molecule has 0 aliphatic rings. The van der Waals surface area contributed by atoms with Gasteiger partial charge in [-0.05, 0) is 0 Å². The van der Waals surface area contributed by atoms with Gasteiger partial charge in [-0.25, -0.2) is 9.59 Å². The summed E-state index contributed by atoms with van der Waals surface area (Å²) in [5.41, 5.74) is 0. The molecule has 2 N–H and O–H groups in total. The summed E-state index contributed by atoms with van der Waals surface area (Å²) in [5.74, 6) is -13.4. The number of nitrogens with zero attached hydrogens (tertiary/aromatic N) is 2. The van der Waals surface area contributed by atoms with E-state index >= 15 is 0 Å². The lowest BCUT2D eigenvalue weighted by Gasteiger charge is -2.07. The van der Waals surface area contributed by atoms with E-state index in [-0.39, 0.29) is 0 Å². The molecule has 0 radical (unpaired) electrons. The molecular weight excluding hydrogens is 240 g/mol. The summed E-state index contributed by atoms with van der Waals surface area (Å²) >= 11 is 0. The SMILES string of the molecule is O=C(O)C(F)(F)CN=NCC(F)(F)C(=O)O. The summed E-state index contributed by atoms with van der Waals surface area (Å²) in [6.45, 7) is -3.25. The van der Waals surface area contributed by atoms with E-state index in [1.165, 1.54) is 0 Å². The van der Waals surface area contributed by atoms with Crippen molar-refractivity contribution in [2.24, 2.45) is 10.2 Å². The lowest BCUT2D eigenvalue weighted by Crippen LogP contribution is -2.32. The van der Waals surface area contributed by atoms with Crippen LogP contribution in [-0.2, 0) is 9.59 Å². The number of rotatable bonds is 6. The van der Waals surface area contributed by atoms with Crippen LogP contribution in [0.25, 0.3) is 0 Å². The molecule has 0 amide bonds. The van der Waals surface area contributed by atoms with Crippen molar-refractivity contribution in [2.75, 3.05) is 13.1 Å². The summed E-state index contributed by atoms with van der Waals surface area (Å²) in [5, 5.41) is 20.8. The zero-order valence-electron chi connectivity index (χ0n) is 7.53. The van der Waals surface area contributed by atoms with Gasteiger partial charge in [-0.1, -0.05) is 0 Å². The lowest BCUT2D eigenvalue weighted by atomic mass is 10.3. The van der Waals surface area contributed by atoms with E-state index in [4.69, 9.17) is 10.2 Å². The third-order valence-electron chi connectivity index (χ3n) is 1.26. The average molecular weight is 246 g/mol. The second-order valence-electron chi connectivity index (χ2n) is 2.62. The van der Waals surface area contributed by atoms with Crippen molar-refractivity contribution in [3.05, 3.63) is 0 Å². The lowest BCUT2D eigenvalue weighted by molar-refractivity contribution is -0.164. The Morgan fingerprint density at radius 1 is 0.875 bits per heavy atom. The van der Waals surface area contributed by atoms with Crippen LogP contribution in [0.5, 0.6) is 0 Å². The zero-order valence-corrected chi connectivity index (χ0v) is 7.53. The van der Waals surface area contributed by atoms with Crippen molar-refractivity contribution in [3.8, 4) is 0 Å². The Kier molecular flexibility index (Phi) is 4.33. The molecule has 0 spiro atoms. The quantitative estimate of drug-likeness (QED) is 0.536. The highest BCUT2D eigenvalue weighted by molar-refractivity contribution is 5.76. The standard InChI is InChI=1S/C6H6F4N2O4/c7-5(8,3(13)14)1-11-12-2-6(9,10)4(15)16/h1-2H2,(H,13,14)(H,15,16). The highest BCUT2D eigenvalue weighted by Crippen LogP contribution is 2.16. The van der Waals surface area contributed by atoms with Crippen LogP contribution in [0.1, 0.15) is 0 Å². The smallest absolute Gasteiger partial charge is 0.376 e. The number of azo groups is 1. The van der Waals surface area contributed by atoms with Gasteiger partial charge in [-0.3, -0.25) is 0 Å². The van der Waals surface area contributed by atoms with E-state index in [2.05, 4.69) is 10.2 Å². The molecule has 0 heterocycles. The molecule has 0 unspecified atom stereocenters. The van der Waals surface area contributed by atoms with Crippen LogP contribution in [0.15, 0.2) is 10.2 Å². The number of carboxylic acid groups (broad SMARTS) is 2. The Hall–Kier alpha value is -1.74. The van der Waals surface area contributed by atoms with Gasteiger partial charge in [0.2, 0.25) is 0 Å². The van der Waals surface area contributed by atoms with Crippen molar-refractivity contribution >= 4 is 11.9 Å². The fourth-order valence-corrected chi connectivity index (χ4v) is 0.413. The molecule has 0 rings (SSSR count). The molecule has 0 aliphatic carbocycles. The predicted molar refractivity (Wildman–Crippen MR) is 39.8 cm³/mol. The van der Waals surface area contributed by atoms with E-state index in [9.17, 15) is 27.2 Å².